The Hall–Kier alpha value is -1.20. The topological polar surface area (TPSA) is 67.6 Å². The van der Waals surface area contributed by atoms with Gasteiger partial charge in [0.1, 0.15) is 0 Å². The molecule has 0 unspecified atom stereocenters. The summed E-state index contributed by atoms with van der Waals surface area (Å²) in [7, 11) is 2.05. The summed E-state index contributed by atoms with van der Waals surface area (Å²) in [5, 5.41) is 0.560. The lowest BCUT2D eigenvalue weighted by molar-refractivity contribution is 0.941. The molecule has 0 aliphatic carbocycles. The molecular formula is C12H20N4S. The maximum absolute atomic E-state index is 5.76. The summed E-state index contributed by atoms with van der Waals surface area (Å²) in [4.78, 5) is 6.46. The molecule has 0 aliphatic heterocycles. The number of nitrogens with two attached hydrogens (primary N) is 2. The van der Waals surface area contributed by atoms with E-state index in [-0.39, 0.29) is 0 Å². The van der Waals surface area contributed by atoms with E-state index in [0.29, 0.717) is 11.7 Å². The van der Waals surface area contributed by atoms with Crippen LogP contribution in [0.2, 0.25) is 0 Å². The number of rotatable bonds is 4. The van der Waals surface area contributed by atoms with E-state index in [1.807, 2.05) is 31.5 Å². The number of benzene rings is 1. The van der Waals surface area contributed by atoms with Gasteiger partial charge in [0, 0.05) is 25.8 Å². The minimum Gasteiger partial charge on any atom is -0.378 e. The van der Waals surface area contributed by atoms with Crippen LogP contribution >= 0.6 is 11.8 Å². The Balaban J connectivity index is 3.08. The molecule has 1 rings (SSSR count). The molecule has 0 heterocycles. The Labute approximate surface area is 107 Å². The van der Waals surface area contributed by atoms with Crippen LogP contribution in [0.3, 0.4) is 0 Å². The van der Waals surface area contributed by atoms with Crippen molar-refractivity contribution in [1.82, 2.24) is 0 Å². The molecule has 0 spiro atoms. The molecule has 0 saturated heterocycles. The summed E-state index contributed by atoms with van der Waals surface area (Å²) in [6, 6.07) is 5.99. The van der Waals surface area contributed by atoms with Gasteiger partial charge in [-0.05, 0) is 36.9 Å². The van der Waals surface area contributed by atoms with Crippen molar-refractivity contribution in [3.05, 3.63) is 23.8 Å². The quantitative estimate of drug-likeness (QED) is 0.634. The van der Waals surface area contributed by atoms with Crippen molar-refractivity contribution in [3.63, 3.8) is 0 Å². The summed E-state index contributed by atoms with van der Waals surface area (Å²) < 4.78 is 0. The van der Waals surface area contributed by atoms with Crippen LogP contribution in [0.15, 0.2) is 23.2 Å². The fraction of sp³-hybridized carbons (Fsp3) is 0.417. The van der Waals surface area contributed by atoms with E-state index in [9.17, 15) is 0 Å². The standard InChI is InChI=1S/C12H20N4S/c1-4-16(2)11-6-5-10(7-9(11)8-13)15-12(14)17-3/h5-7H,4,8,13H2,1-3H3,(H2,14,15). The molecule has 4 N–H and O–H groups in total. The Morgan fingerprint density at radius 3 is 2.71 bits per heavy atom. The summed E-state index contributed by atoms with van der Waals surface area (Å²) in [5.74, 6) is 0. The Morgan fingerprint density at radius 2 is 2.18 bits per heavy atom. The highest BCUT2D eigenvalue weighted by Gasteiger charge is 2.06. The van der Waals surface area contributed by atoms with Crippen molar-refractivity contribution in [2.75, 3.05) is 24.7 Å². The molecule has 1 aromatic rings. The van der Waals surface area contributed by atoms with E-state index in [1.165, 1.54) is 11.8 Å². The maximum Gasteiger partial charge on any atom is 0.158 e. The molecule has 0 radical (unpaired) electrons. The zero-order valence-corrected chi connectivity index (χ0v) is 11.4. The van der Waals surface area contributed by atoms with Crippen molar-refractivity contribution in [3.8, 4) is 0 Å². The van der Waals surface area contributed by atoms with Crippen LogP contribution in [0.25, 0.3) is 0 Å². The number of hydrogen-bond acceptors (Lipinski definition) is 4. The third-order valence-electron chi connectivity index (χ3n) is 2.62. The van der Waals surface area contributed by atoms with Crippen molar-refractivity contribution in [2.24, 2.45) is 16.5 Å². The summed E-state index contributed by atoms with van der Waals surface area (Å²) >= 11 is 1.43. The largest absolute Gasteiger partial charge is 0.378 e. The molecule has 4 nitrogen and oxygen atoms in total. The normalized spacial score (nSPS) is 11.6. The van der Waals surface area contributed by atoms with Crippen molar-refractivity contribution in [1.29, 1.82) is 0 Å². The highest BCUT2D eigenvalue weighted by atomic mass is 32.2. The Kier molecular flexibility index (Phi) is 5.31. The summed E-state index contributed by atoms with van der Waals surface area (Å²) in [6.45, 7) is 3.56. The van der Waals surface area contributed by atoms with Gasteiger partial charge in [-0.3, -0.25) is 0 Å². The van der Waals surface area contributed by atoms with Gasteiger partial charge >= 0.3 is 0 Å². The highest BCUT2D eigenvalue weighted by molar-refractivity contribution is 8.13. The second-order valence-electron chi connectivity index (χ2n) is 3.69. The molecule has 0 fully saturated rings. The minimum absolute atomic E-state index is 0.502. The van der Waals surface area contributed by atoms with Gasteiger partial charge in [0.15, 0.2) is 5.17 Å². The fourth-order valence-electron chi connectivity index (χ4n) is 1.52. The van der Waals surface area contributed by atoms with Crippen LogP contribution in [-0.4, -0.2) is 25.0 Å². The molecule has 0 aliphatic rings. The van der Waals surface area contributed by atoms with E-state index in [1.54, 1.807) is 0 Å². The predicted octanol–water partition coefficient (Wildman–Crippen LogP) is 1.91. The first-order valence-electron chi connectivity index (χ1n) is 5.54. The highest BCUT2D eigenvalue weighted by Crippen LogP contribution is 2.25. The van der Waals surface area contributed by atoms with E-state index in [4.69, 9.17) is 11.5 Å². The van der Waals surface area contributed by atoms with E-state index in [2.05, 4.69) is 16.8 Å². The van der Waals surface area contributed by atoms with Crippen molar-refractivity contribution in [2.45, 2.75) is 13.5 Å². The zero-order valence-electron chi connectivity index (χ0n) is 10.6. The van der Waals surface area contributed by atoms with Gasteiger partial charge in [0.05, 0.1) is 5.69 Å². The molecule has 0 saturated carbocycles. The third kappa shape index (κ3) is 3.64. The molecule has 94 valence electrons. The van der Waals surface area contributed by atoms with Crippen LogP contribution in [0.1, 0.15) is 12.5 Å². The zero-order chi connectivity index (χ0) is 12.8. The predicted molar refractivity (Wildman–Crippen MR) is 78.1 cm³/mol. The maximum atomic E-state index is 5.76. The average molecular weight is 252 g/mol. The van der Waals surface area contributed by atoms with Crippen molar-refractivity contribution < 1.29 is 0 Å². The van der Waals surface area contributed by atoms with Gasteiger partial charge in [0.25, 0.3) is 0 Å². The third-order valence-corrected chi connectivity index (χ3v) is 3.13. The lowest BCUT2D eigenvalue weighted by Crippen LogP contribution is -2.18. The molecule has 0 atom stereocenters. The molecule has 1 aromatic carbocycles. The molecule has 0 bridgehead atoms. The number of aliphatic imine (C=N–C) groups is 1. The van der Waals surface area contributed by atoms with Crippen LogP contribution in [0, 0.1) is 0 Å². The first kappa shape index (κ1) is 13.9. The van der Waals surface area contributed by atoms with E-state index < -0.39 is 0 Å². The average Bonchev–Trinajstić information content (AvgIpc) is 2.37. The summed E-state index contributed by atoms with van der Waals surface area (Å²) in [5.41, 5.74) is 14.5. The lowest BCUT2D eigenvalue weighted by Gasteiger charge is -2.20. The van der Waals surface area contributed by atoms with E-state index in [0.717, 1.165) is 23.5 Å². The van der Waals surface area contributed by atoms with Gasteiger partial charge < -0.3 is 16.4 Å². The number of hydrogen-bond donors (Lipinski definition) is 2. The first-order chi connectivity index (χ1) is 8.12. The second-order valence-corrected chi connectivity index (χ2v) is 4.51. The molecular weight excluding hydrogens is 232 g/mol. The Bertz CT molecular complexity index is 403. The second kappa shape index (κ2) is 6.51. The van der Waals surface area contributed by atoms with Crippen LogP contribution < -0.4 is 16.4 Å². The van der Waals surface area contributed by atoms with E-state index >= 15 is 0 Å². The Morgan fingerprint density at radius 1 is 1.47 bits per heavy atom. The molecule has 0 amide bonds. The summed E-state index contributed by atoms with van der Waals surface area (Å²) in [6.07, 6.45) is 1.90. The molecule has 0 aromatic heterocycles. The van der Waals surface area contributed by atoms with Crippen LogP contribution in [0.4, 0.5) is 11.4 Å². The number of anilines is 1. The number of thioether (sulfide) groups is 1. The fourth-order valence-corrected chi connectivity index (χ4v) is 1.72. The van der Waals surface area contributed by atoms with Crippen LogP contribution in [-0.2, 0) is 6.54 Å². The number of nitrogens with zero attached hydrogens (tertiary/aromatic N) is 2. The lowest BCUT2D eigenvalue weighted by atomic mass is 10.1. The van der Waals surface area contributed by atoms with Gasteiger partial charge in [-0.1, -0.05) is 11.8 Å². The van der Waals surface area contributed by atoms with Crippen molar-refractivity contribution >= 4 is 28.3 Å². The smallest absolute Gasteiger partial charge is 0.158 e. The van der Waals surface area contributed by atoms with Gasteiger partial charge in [0.2, 0.25) is 0 Å². The van der Waals surface area contributed by atoms with Gasteiger partial charge in [-0.15, -0.1) is 0 Å². The first-order valence-corrected chi connectivity index (χ1v) is 6.77. The number of amidine groups is 1. The SMILES string of the molecule is CCN(C)c1ccc(N=C(N)SC)cc1CN. The van der Waals surface area contributed by atoms with Crippen LogP contribution in [0.5, 0.6) is 0 Å². The molecule has 17 heavy (non-hydrogen) atoms. The van der Waals surface area contributed by atoms with Gasteiger partial charge in [-0.25, -0.2) is 4.99 Å². The minimum atomic E-state index is 0.502. The van der Waals surface area contributed by atoms with Gasteiger partial charge in [-0.2, -0.15) is 0 Å². The molecule has 5 heteroatoms. The monoisotopic (exact) mass is 252 g/mol.